The van der Waals surface area contributed by atoms with Crippen molar-refractivity contribution in [2.75, 3.05) is 19.6 Å². The summed E-state index contributed by atoms with van der Waals surface area (Å²) in [5.41, 5.74) is 0.996. The zero-order valence-corrected chi connectivity index (χ0v) is 11.1. The lowest BCUT2D eigenvalue weighted by molar-refractivity contribution is -0.121. The highest BCUT2D eigenvalue weighted by Crippen LogP contribution is 2.09. The van der Waals surface area contributed by atoms with Gasteiger partial charge in [0.1, 0.15) is 5.82 Å². The van der Waals surface area contributed by atoms with Crippen LogP contribution in [-0.4, -0.2) is 25.5 Å². The SMILES string of the molecule is O=C(CCc1ccc(F)cc1)NCC1CCCNC1. The Morgan fingerprint density at radius 2 is 2.16 bits per heavy atom. The molecule has 0 aliphatic carbocycles. The Labute approximate surface area is 113 Å². The van der Waals surface area contributed by atoms with Crippen molar-refractivity contribution in [2.24, 2.45) is 5.92 Å². The molecular weight excluding hydrogens is 243 g/mol. The molecule has 4 heteroatoms. The van der Waals surface area contributed by atoms with E-state index in [0.717, 1.165) is 25.2 Å². The molecule has 104 valence electrons. The highest BCUT2D eigenvalue weighted by molar-refractivity contribution is 5.76. The Morgan fingerprint density at radius 1 is 1.37 bits per heavy atom. The number of hydrogen-bond acceptors (Lipinski definition) is 2. The van der Waals surface area contributed by atoms with Crippen molar-refractivity contribution in [1.82, 2.24) is 10.6 Å². The van der Waals surface area contributed by atoms with E-state index in [2.05, 4.69) is 10.6 Å². The number of carbonyl (C=O) groups is 1. The second kappa shape index (κ2) is 7.24. The van der Waals surface area contributed by atoms with Crippen molar-refractivity contribution in [3.8, 4) is 0 Å². The van der Waals surface area contributed by atoms with Gasteiger partial charge >= 0.3 is 0 Å². The predicted molar refractivity (Wildman–Crippen MR) is 73.3 cm³/mol. The van der Waals surface area contributed by atoms with E-state index in [0.29, 0.717) is 18.8 Å². The van der Waals surface area contributed by atoms with Gasteiger partial charge in [-0.3, -0.25) is 4.79 Å². The molecule has 1 aliphatic rings. The number of aryl methyl sites for hydroxylation is 1. The summed E-state index contributed by atoms with van der Waals surface area (Å²) in [6, 6.07) is 6.32. The zero-order chi connectivity index (χ0) is 13.5. The standard InChI is InChI=1S/C15H21FN2O/c16-14-6-3-12(4-7-14)5-8-15(19)18-11-13-2-1-9-17-10-13/h3-4,6-7,13,17H,1-2,5,8-11H2,(H,18,19). The van der Waals surface area contributed by atoms with Crippen LogP contribution in [0, 0.1) is 11.7 Å². The number of halogens is 1. The average molecular weight is 264 g/mol. The van der Waals surface area contributed by atoms with E-state index in [9.17, 15) is 9.18 Å². The molecule has 1 aromatic carbocycles. The number of benzene rings is 1. The van der Waals surface area contributed by atoms with Crippen LogP contribution in [0.15, 0.2) is 24.3 Å². The first-order chi connectivity index (χ1) is 9.24. The molecule has 1 aromatic rings. The van der Waals surface area contributed by atoms with E-state index in [1.54, 1.807) is 12.1 Å². The smallest absolute Gasteiger partial charge is 0.220 e. The quantitative estimate of drug-likeness (QED) is 0.852. The fraction of sp³-hybridized carbons (Fsp3) is 0.533. The van der Waals surface area contributed by atoms with Crippen molar-refractivity contribution >= 4 is 5.91 Å². The third-order valence-corrected chi connectivity index (χ3v) is 3.54. The fourth-order valence-corrected chi connectivity index (χ4v) is 2.35. The van der Waals surface area contributed by atoms with Crippen molar-refractivity contribution in [2.45, 2.75) is 25.7 Å². The molecule has 1 aliphatic heterocycles. The lowest BCUT2D eigenvalue weighted by Crippen LogP contribution is -2.38. The Morgan fingerprint density at radius 3 is 2.84 bits per heavy atom. The molecule has 1 saturated heterocycles. The molecule has 0 aromatic heterocycles. The second-order valence-electron chi connectivity index (χ2n) is 5.14. The van der Waals surface area contributed by atoms with Crippen LogP contribution in [0.1, 0.15) is 24.8 Å². The van der Waals surface area contributed by atoms with Gasteiger partial charge in [0.2, 0.25) is 5.91 Å². The number of rotatable bonds is 5. The van der Waals surface area contributed by atoms with E-state index in [1.165, 1.54) is 25.0 Å². The highest BCUT2D eigenvalue weighted by atomic mass is 19.1. The molecule has 1 atom stereocenters. The summed E-state index contributed by atoms with van der Waals surface area (Å²) in [5, 5.41) is 6.32. The van der Waals surface area contributed by atoms with Crippen molar-refractivity contribution in [3.63, 3.8) is 0 Å². The monoisotopic (exact) mass is 264 g/mol. The van der Waals surface area contributed by atoms with Crippen LogP contribution < -0.4 is 10.6 Å². The summed E-state index contributed by atoms with van der Waals surface area (Å²) < 4.78 is 12.7. The average Bonchev–Trinajstić information content (AvgIpc) is 2.45. The minimum Gasteiger partial charge on any atom is -0.356 e. The third kappa shape index (κ3) is 4.99. The summed E-state index contributed by atoms with van der Waals surface area (Å²) >= 11 is 0. The van der Waals surface area contributed by atoms with Gasteiger partial charge in [-0.25, -0.2) is 4.39 Å². The molecule has 2 N–H and O–H groups in total. The van der Waals surface area contributed by atoms with Gasteiger partial charge in [-0.2, -0.15) is 0 Å². The van der Waals surface area contributed by atoms with Gasteiger partial charge in [0, 0.05) is 13.0 Å². The summed E-state index contributed by atoms with van der Waals surface area (Å²) in [5.74, 6) is 0.399. The van der Waals surface area contributed by atoms with Gasteiger partial charge in [0.15, 0.2) is 0 Å². The van der Waals surface area contributed by atoms with Crippen molar-refractivity contribution in [1.29, 1.82) is 0 Å². The lowest BCUT2D eigenvalue weighted by atomic mass is 10.00. The van der Waals surface area contributed by atoms with Gasteiger partial charge in [-0.1, -0.05) is 12.1 Å². The van der Waals surface area contributed by atoms with Crippen LogP contribution in [0.3, 0.4) is 0 Å². The van der Waals surface area contributed by atoms with Crippen LogP contribution in [-0.2, 0) is 11.2 Å². The van der Waals surface area contributed by atoms with Crippen LogP contribution in [0.5, 0.6) is 0 Å². The third-order valence-electron chi connectivity index (χ3n) is 3.54. The molecular formula is C15H21FN2O. The molecule has 1 amide bonds. The first-order valence-electron chi connectivity index (χ1n) is 6.96. The van der Waals surface area contributed by atoms with Gasteiger partial charge in [0.25, 0.3) is 0 Å². The Kier molecular flexibility index (Phi) is 5.33. The van der Waals surface area contributed by atoms with Gasteiger partial charge in [-0.15, -0.1) is 0 Å². The Bertz CT molecular complexity index is 399. The van der Waals surface area contributed by atoms with E-state index < -0.39 is 0 Å². The predicted octanol–water partition coefficient (Wildman–Crippen LogP) is 1.87. The first kappa shape index (κ1) is 14.0. The summed E-state index contributed by atoms with van der Waals surface area (Å²) in [6.07, 6.45) is 3.50. The van der Waals surface area contributed by atoms with Crippen LogP contribution in [0.2, 0.25) is 0 Å². The summed E-state index contributed by atoms with van der Waals surface area (Å²) in [6.45, 7) is 2.85. The largest absolute Gasteiger partial charge is 0.356 e. The van der Waals surface area contributed by atoms with Crippen LogP contribution in [0.4, 0.5) is 4.39 Å². The van der Waals surface area contributed by atoms with Crippen molar-refractivity contribution < 1.29 is 9.18 Å². The van der Waals surface area contributed by atoms with Gasteiger partial charge in [0.05, 0.1) is 0 Å². The fourth-order valence-electron chi connectivity index (χ4n) is 2.35. The normalized spacial score (nSPS) is 19.1. The second-order valence-corrected chi connectivity index (χ2v) is 5.14. The molecule has 19 heavy (non-hydrogen) atoms. The van der Waals surface area contributed by atoms with Gasteiger partial charge in [-0.05, 0) is 56.0 Å². The number of amides is 1. The molecule has 0 radical (unpaired) electrons. The maximum Gasteiger partial charge on any atom is 0.220 e. The highest BCUT2D eigenvalue weighted by Gasteiger charge is 2.13. The maximum atomic E-state index is 12.7. The minimum atomic E-state index is -0.238. The Balaban J connectivity index is 1.65. The zero-order valence-electron chi connectivity index (χ0n) is 11.1. The number of nitrogens with one attached hydrogen (secondary N) is 2. The summed E-state index contributed by atoms with van der Waals surface area (Å²) in [4.78, 5) is 11.7. The van der Waals surface area contributed by atoms with E-state index in [-0.39, 0.29) is 11.7 Å². The molecule has 0 saturated carbocycles. The van der Waals surface area contributed by atoms with Crippen LogP contribution >= 0.6 is 0 Å². The summed E-state index contributed by atoms with van der Waals surface area (Å²) in [7, 11) is 0. The van der Waals surface area contributed by atoms with Crippen LogP contribution in [0.25, 0.3) is 0 Å². The molecule has 1 fully saturated rings. The molecule has 3 nitrogen and oxygen atoms in total. The number of piperidine rings is 1. The van der Waals surface area contributed by atoms with E-state index in [1.807, 2.05) is 0 Å². The number of carbonyl (C=O) groups excluding carboxylic acids is 1. The maximum absolute atomic E-state index is 12.7. The molecule has 2 rings (SSSR count). The lowest BCUT2D eigenvalue weighted by Gasteiger charge is -2.22. The van der Waals surface area contributed by atoms with E-state index in [4.69, 9.17) is 0 Å². The molecule has 0 spiro atoms. The minimum absolute atomic E-state index is 0.0786. The Hall–Kier alpha value is -1.42. The van der Waals surface area contributed by atoms with Gasteiger partial charge < -0.3 is 10.6 Å². The molecule has 0 bridgehead atoms. The van der Waals surface area contributed by atoms with E-state index >= 15 is 0 Å². The topological polar surface area (TPSA) is 41.1 Å². The van der Waals surface area contributed by atoms with Crippen molar-refractivity contribution in [3.05, 3.63) is 35.6 Å². The molecule has 1 heterocycles. The number of hydrogen-bond donors (Lipinski definition) is 2. The molecule has 1 unspecified atom stereocenters. The first-order valence-corrected chi connectivity index (χ1v) is 6.96.